The Morgan fingerprint density at radius 2 is 2.29 bits per heavy atom. The smallest absolute Gasteiger partial charge is 0.0588 e. The van der Waals surface area contributed by atoms with Crippen molar-refractivity contribution in [1.82, 2.24) is 10.2 Å². The molecule has 1 aliphatic heterocycles. The molecule has 1 atom stereocenters. The molecule has 0 aliphatic carbocycles. The third-order valence-electron chi connectivity index (χ3n) is 2.78. The van der Waals surface area contributed by atoms with Gasteiger partial charge in [0.25, 0.3) is 0 Å². The Balaban J connectivity index is 1.93. The van der Waals surface area contributed by atoms with Gasteiger partial charge in [-0.05, 0) is 32.9 Å². The van der Waals surface area contributed by atoms with Crippen LogP contribution < -0.4 is 5.32 Å². The standard InChI is InChI=1S/C11H24N2O/c1-3-12-7-9-13(2)8-6-11-5-4-10-14-11/h11-12H,3-10H2,1-2H3. The summed E-state index contributed by atoms with van der Waals surface area (Å²) in [5.74, 6) is 0. The molecule has 0 aromatic carbocycles. The molecular formula is C11H24N2O. The fourth-order valence-electron chi connectivity index (χ4n) is 1.79. The van der Waals surface area contributed by atoms with E-state index < -0.39 is 0 Å². The summed E-state index contributed by atoms with van der Waals surface area (Å²) in [6.45, 7) is 7.59. The molecule has 3 heteroatoms. The predicted molar refractivity (Wildman–Crippen MR) is 59.6 cm³/mol. The van der Waals surface area contributed by atoms with Crippen LogP contribution in [0.2, 0.25) is 0 Å². The lowest BCUT2D eigenvalue weighted by Crippen LogP contribution is -2.31. The molecule has 1 unspecified atom stereocenters. The number of hydrogen-bond donors (Lipinski definition) is 1. The van der Waals surface area contributed by atoms with Gasteiger partial charge in [-0.25, -0.2) is 0 Å². The maximum absolute atomic E-state index is 5.59. The van der Waals surface area contributed by atoms with Crippen molar-refractivity contribution < 1.29 is 4.74 Å². The predicted octanol–water partition coefficient (Wildman–Crippen LogP) is 1.10. The van der Waals surface area contributed by atoms with Crippen molar-refractivity contribution >= 4 is 0 Å². The molecule has 1 fully saturated rings. The second-order valence-electron chi connectivity index (χ2n) is 4.08. The second kappa shape index (κ2) is 7.21. The number of nitrogens with one attached hydrogen (secondary N) is 1. The van der Waals surface area contributed by atoms with Gasteiger partial charge < -0.3 is 15.0 Å². The fourth-order valence-corrected chi connectivity index (χ4v) is 1.79. The van der Waals surface area contributed by atoms with E-state index in [0.29, 0.717) is 6.10 Å². The van der Waals surface area contributed by atoms with Crippen molar-refractivity contribution in [2.24, 2.45) is 0 Å². The average molecular weight is 200 g/mol. The Bertz CT molecular complexity index is 135. The number of ether oxygens (including phenoxy) is 1. The average Bonchev–Trinajstić information content (AvgIpc) is 2.68. The largest absolute Gasteiger partial charge is 0.378 e. The topological polar surface area (TPSA) is 24.5 Å². The van der Waals surface area contributed by atoms with Gasteiger partial charge in [0.15, 0.2) is 0 Å². The highest BCUT2D eigenvalue weighted by atomic mass is 16.5. The Labute approximate surface area is 87.8 Å². The van der Waals surface area contributed by atoms with Crippen LogP contribution in [0.1, 0.15) is 26.2 Å². The summed E-state index contributed by atoms with van der Waals surface area (Å²) in [7, 11) is 2.19. The Kier molecular flexibility index (Phi) is 6.15. The summed E-state index contributed by atoms with van der Waals surface area (Å²) in [6, 6.07) is 0. The molecule has 0 spiro atoms. The third kappa shape index (κ3) is 4.94. The summed E-state index contributed by atoms with van der Waals surface area (Å²) in [4.78, 5) is 2.38. The molecule has 1 saturated heterocycles. The van der Waals surface area contributed by atoms with Gasteiger partial charge in [0, 0.05) is 26.2 Å². The number of nitrogens with zero attached hydrogens (tertiary/aromatic N) is 1. The van der Waals surface area contributed by atoms with Crippen LogP contribution in [0.4, 0.5) is 0 Å². The van der Waals surface area contributed by atoms with Crippen LogP contribution in [-0.2, 0) is 4.74 Å². The lowest BCUT2D eigenvalue weighted by atomic mass is 10.2. The molecule has 3 nitrogen and oxygen atoms in total. The SMILES string of the molecule is CCNCCN(C)CCC1CCCO1. The van der Waals surface area contributed by atoms with Crippen molar-refractivity contribution in [1.29, 1.82) is 0 Å². The highest BCUT2D eigenvalue weighted by Gasteiger charge is 2.15. The first-order chi connectivity index (χ1) is 6.83. The minimum atomic E-state index is 0.539. The molecular weight excluding hydrogens is 176 g/mol. The minimum absolute atomic E-state index is 0.539. The van der Waals surface area contributed by atoms with Crippen molar-refractivity contribution in [3.63, 3.8) is 0 Å². The Morgan fingerprint density at radius 1 is 1.43 bits per heavy atom. The van der Waals surface area contributed by atoms with Gasteiger partial charge in [0.05, 0.1) is 6.10 Å². The molecule has 0 aromatic rings. The van der Waals surface area contributed by atoms with E-state index in [0.717, 1.165) is 32.8 Å². The van der Waals surface area contributed by atoms with Gasteiger partial charge >= 0.3 is 0 Å². The van der Waals surface area contributed by atoms with Gasteiger partial charge in [-0.1, -0.05) is 6.92 Å². The third-order valence-corrected chi connectivity index (χ3v) is 2.78. The highest BCUT2D eigenvalue weighted by Crippen LogP contribution is 2.15. The van der Waals surface area contributed by atoms with E-state index in [2.05, 4.69) is 24.2 Å². The lowest BCUT2D eigenvalue weighted by Gasteiger charge is -2.18. The van der Waals surface area contributed by atoms with E-state index in [1.54, 1.807) is 0 Å². The first kappa shape index (κ1) is 12.0. The first-order valence-electron chi connectivity index (χ1n) is 5.83. The van der Waals surface area contributed by atoms with Gasteiger partial charge in [0.2, 0.25) is 0 Å². The molecule has 14 heavy (non-hydrogen) atoms. The van der Waals surface area contributed by atoms with E-state index in [4.69, 9.17) is 4.74 Å². The zero-order chi connectivity index (χ0) is 10.2. The molecule has 1 N–H and O–H groups in total. The molecule has 1 aliphatic rings. The molecule has 0 radical (unpaired) electrons. The maximum Gasteiger partial charge on any atom is 0.0588 e. The molecule has 0 saturated carbocycles. The summed E-state index contributed by atoms with van der Waals surface area (Å²) in [5, 5.41) is 3.33. The summed E-state index contributed by atoms with van der Waals surface area (Å²) in [6.07, 6.45) is 4.26. The van der Waals surface area contributed by atoms with Crippen LogP contribution in [0.25, 0.3) is 0 Å². The van der Waals surface area contributed by atoms with Gasteiger partial charge in [-0.3, -0.25) is 0 Å². The fraction of sp³-hybridized carbons (Fsp3) is 1.00. The number of rotatable bonds is 7. The van der Waals surface area contributed by atoms with E-state index in [9.17, 15) is 0 Å². The van der Waals surface area contributed by atoms with E-state index in [1.807, 2.05) is 0 Å². The molecule has 0 aromatic heterocycles. The van der Waals surface area contributed by atoms with Gasteiger partial charge in [-0.15, -0.1) is 0 Å². The zero-order valence-corrected chi connectivity index (χ0v) is 9.59. The molecule has 1 rings (SSSR count). The van der Waals surface area contributed by atoms with Crippen molar-refractivity contribution in [3.8, 4) is 0 Å². The van der Waals surface area contributed by atoms with Crippen molar-refractivity contribution in [2.45, 2.75) is 32.3 Å². The van der Waals surface area contributed by atoms with Crippen LogP contribution >= 0.6 is 0 Å². The van der Waals surface area contributed by atoms with Crippen LogP contribution in [0, 0.1) is 0 Å². The van der Waals surface area contributed by atoms with Gasteiger partial charge in [0.1, 0.15) is 0 Å². The molecule has 84 valence electrons. The highest BCUT2D eigenvalue weighted by molar-refractivity contribution is 4.66. The van der Waals surface area contributed by atoms with Crippen LogP contribution in [0.3, 0.4) is 0 Å². The number of hydrogen-bond acceptors (Lipinski definition) is 3. The Morgan fingerprint density at radius 3 is 2.93 bits per heavy atom. The van der Waals surface area contributed by atoms with Crippen molar-refractivity contribution in [2.75, 3.05) is 39.8 Å². The number of likely N-dealkylation sites (N-methyl/N-ethyl adjacent to an activating group) is 2. The second-order valence-corrected chi connectivity index (χ2v) is 4.08. The van der Waals surface area contributed by atoms with Crippen LogP contribution in [0.15, 0.2) is 0 Å². The molecule has 0 amide bonds. The maximum atomic E-state index is 5.59. The molecule has 0 bridgehead atoms. The zero-order valence-electron chi connectivity index (χ0n) is 9.59. The normalized spacial score (nSPS) is 22.1. The van der Waals surface area contributed by atoms with Gasteiger partial charge in [-0.2, -0.15) is 0 Å². The van der Waals surface area contributed by atoms with Crippen LogP contribution in [-0.4, -0.2) is 50.8 Å². The van der Waals surface area contributed by atoms with E-state index >= 15 is 0 Å². The van der Waals surface area contributed by atoms with E-state index in [-0.39, 0.29) is 0 Å². The minimum Gasteiger partial charge on any atom is -0.378 e. The van der Waals surface area contributed by atoms with E-state index in [1.165, 1.54) is 19.3 Å². The summed E-state index contributed by atoms with van der Waals surface area (Å²) >= 11 is 0. The van der Waals surface area contributed by atoms with Crippen molar-refractivity contribution in [3.05, 3.63) is 0 Å². The van der Waals surface area contributed by atoms with Crippen LogP contribution in [0.5, 0.6) is 0 Å². The molecule has 1 heterocycles. The summed E-state index contributed by atoms with van der Waals surface area (Å²) < 4.78 is 5.59. The summed E-state index contributed by atoms with van der Waals surface area (Å²) in [5.41, 5.74) is 0. The lowest BCUT2D eigenvalue weighted by molar-refractivity contribution is 0.0952. The Hall–Kier alpha value is -0.120. The first-order valence-corrected chi connectivity index (χ1v) is 5.83. The quantitative estimate of drug-likeness (QED) is 0.623. The monoisotopic (exact) mass is 200 g/mol.